The molecule has 2 aromatic carbocycles. The van der Waals surface area contributed by atoms with Gasteiger partial charge in [0.05, 0.1) is 18.5 Å². The molecule has 1 amide bonds. The Bertz CT molecular complexity index is 966. The summed E-state index contributed by atoms with van der Waals surface area (Å²) in [5.41, 5.74) is 4.44. The summed E-state index contributed by atoms with van der Waals surface area (Å²) in [6, 6.07) is 10.6. The monoisotopic (exact) mass is 418 g/mol. The maximum Gasteiger partial charge on any atom is 0.243 e. The van der Waals surface area contributed by atoms with Crippen LogP contribution in [-0.2, 0) is 14.8 Å². The fourth-order valence-corrected chi connectivity index (χ4v) is 4.47. The van der Waals surface area contributed by atoms with Crippen LogP contribution >= 0.6 is 0 Å². The van der Waals surface area contributed by atoms with E-state index >= 15 is 0 Å². The number of ether oxygens (including phenoxy) is 1. The van der Waals surface area contributed by atoms with Crippen LogP contribution in [0.2, 0.25) is 0 Å². The highest BCUT2D eigenvalue weighted by atomic mass is 32.2. The third-order valence-corrected chi connectivity index (χ3v) is 5.78. The Labute approximate surface area is 173 Å². The summed E-state index contributed by atoms with van der Waals surface area (Å²) in [6.07, 6.45) is 1.11. The lowest BCUT2D eigenvalue weighted by Crippen LogP contribution is -2.48. The molecule has 0 fully saturated rings. The van der Waals surface area contributed by atoms with Crippen LogP contribution in [0.15, 0.2) is 36.4 Å². The Balaban J connectivity index is 2.05. The minimum absolute atomic E-state index is 0.278. The van der Waals surface area contributed by atoms with Gasteiger partial charge in [0.15, 0.2) is 0 Å². The van der Waals surface area contributed by atoms with E-state index in [0.29, 0.717) is 12.3 Å². The van der Waals surface area contributed by atoms with Crippen molar-refractivity contribution in [2.75, 3.05) is 23.7 Å². The molecule has 0 radical (unpaired) electrons. The predicted octanol–water partition coefficient (Wildman–Crippen LogP) is 3.27. The van der Waals surface area contributed by atoms with Gasteiger partial charge in [-0.2, -0.15) is 0 Å². The number of hydrogen-bond acceptors (Lipinski definition) is 4. The minimum Gasteiger partial charge on any atom is -0.492 e. The number of nitrogens with zero attached hydrogens (tertiary/aromatic N) is 1. The molecule has 158 valence electrons. The van der Waals surface area contributed by atoms with Crippen molar-refractivity contribution in [3.8, 4) is 5.75 Å². The molecule has 2 rings (SSSR count). The quantitative estimate of drug-likeness (QED) is 0.668. The van der Waals surface area contributed by atoms with Gasteiger partial charge in [-0.25, -0.2) is 8.42 Å². The van der Waals surface area contributed by atoms with Crippen molar-refractivity contribution in [2.45, 2.75) is 40.7 Å². The summed E-state index contributed by atoms with van der Waals surface area (Å²) >= 11 is 0. The molecule has 6 nitrogen and oxygen atoms in total. The van der Waals surface area contributed by atoms with Crippen LogP contribution in [0.25, 0.3) is 0 Å². The van der Waals surface area contributed by atoms with E-state index < -0.39 is 16.1 Å². The van der Waals surface area contributed by atoms with Gasteiger partial charge in [0.25, 0.3) is 0 Å². The van der Waals surface area contributed by atoms with E-state index in [9.17, 15) is 13.2 Å². The molecule has 0 aliphatic carbocycles. The van der Waals surface area contributed by atoms with Gasteiger partial charge in [-0.1, -0.05) is 18.2 Å². The smallest absolute Gasteiger partial charge is 0.243 e. The van der Waals surface area contributed by atoms with Crippen molar-refractivity contribution in [1.82, 2.24) is 5.32 Å². The van der Waals surface area contributed by atoms with Gasteiger partial charge in [-0.3, -0.25) is 9.10 Å². The SMILES string of the molecule is Cc1cc(C)cc(OCCNC(=O)C(C)N(c2cc(C)ccc2C)S(C)(=O)=O)c1. The second kappa shape index (κ2) is 9.31. The molecule has 1 atom stereocenters. The van der Waals surface area contributed by atoms with Crippen LogP contribution in [0.1, 0.15) is 29.2 Å². The Hall–Kier alpha value is -2.54. The van der Waals surface area contributed by atoms with Crippen molar-refractivity contribution in [2.24, 2.45) is 0 Å². The predicted molar refractivity (Wildman–Crippen MR) is 117 cm³/mol. The number of anilines is 1. The van der Waals surface area contributed by atoms with E-state index in [1.807, 2.05) is 52.0 Å². The standard InChI is InChI=1S/C22H30N2O4S/c1-15-7-8-18(4)21(14-15)24(29(6,26)27)19(5)22(25)23-9-10-28-20-12-16(2)11-17(3)13-20/h7-8,11-14,19H,9-10H2,1-6H3,(H,23,25). The fraction of sp³-hybridized carbons (Fsp3) is 0.409. The number of nitrogens with one attached hydrogen (secondary N) is 1. The molecule has 29 heavy (non-hydrogen) atoms. The lowest BCUT2D eigenvalue weighted by Gasteiger charge is -2.29. The van der Waals surface area contributed by atoms with Gasteiger partial charge in [0.1, 0.15) is 18.4 Å². The molecule has 0 heterocycles. The van der Waals surface area contributed by atoms with E-state index in [1.54, 1.807) is 13.0 Å². The van der Waals surface area contributed by atoms with Gasteiger partial charge in [-0.05, 0) is 75.1 Å². The maximum atomic E-state index is 12.6. The summed E-state index contributed by atoms with van der Waals surface area (Å²) < 4.78 is 31.8. The topological polar surface area (TPSA) is 75.7 Å². The van der Waals surface area contributed by atoms with Crippen molar-refractivity contribution in [3.05, 3.63) is 58.7 Å². The molecular formula is C22H30N2O4S. The summed E-state index contributed by atoms with van der Waals surface area (Å²) in [5, 5.41) is 2.77. The molecule has 0 aliphatic heterocycles. The van der Waals surface area contributed by atoms with Crippen LogP contribution < -0.4 is 14.4 Å². The minimum atomic E-state index is -3.64. The van der Waals surface area contributed by atoms with Crippen molar-refractivity contribution in [1.29, 1.82) is 0 Å². The molecule has 7 heteroatoms. The number of carbonyl (C=O) groups excluding carboxylic acids is 1. The lowest BCUT2D eigenvalue weighted by atomic mass is 10.1. The molecule has 0 saturated heterocycles. The second-order valence-corrected chi connectivity index (χ2v) is 9.35. The highest BCUT2D eigenvalue weighted by Gasteiger charge is 2.30. The van der Waals surface area contributed by atoms with Crippen LogP contribution in [0.5, 0.6) is 5.75 Å². The van der Waals surface area contributed by atoms with Crippen LogP contribution in [0.3, 0.4) is 0 Å². The first-order valence-electron chi connectivity index (χ1n) is 9.54. The fourth-order valence-electron chi connectivity index (χ4n) is 3.24. The number of benzene rings is 2. The molecule has 0 aromatic heterocycles. The largest absolute Gasteiger partial charge is 0.492 e. The molecule has 1 unspecified atom stereocenters. The third kappa shape index (κ3) is 6.22. The average molecular weight is 419 g/mol. The second-order valence-electron chi connectivity index (χ2n) is 7.49. The summed E-state index contributed by atoms with van der Waals surface area (Å²) in [4.78, 5) is 12.6. The Morgan fingerprint density at radius 2 is 1.66 bits per heavy atom. The van der Waals surface area contributed by atoms with Gasteiger partial charge < -0.3 is 10.1 Å². The van der Waals surface area contributed by atoms with Gasteiger partial charge in [0, 0.05) is 0 Å². The first-order valence-corrected chi connectivity index (χ1v) is 11.4. The molecule has 2 aromatic rings. The number of rotatable bonds is 8. The Morgan fingerprint density at radius 1 is 1.03 bits per heavy atom. The summed E-state index contributed by atoms with van der Waals surface area (Å²) in [5.74, 6) is 0.373. The summed E-state index contributed by atoms with van der Waals surface area (Å²) in [6.45, 7) is 9.87. The van der Waals surface area contributed by atoms with E-state index in [1.165, 1.54) is 4.31 Å². The zero-order valence-corrected chi connectivity index (χ0v) is 18.8. The molecule has 0 aliphatic rings. The lowest BCUT2D eigenvalue weighted by molar-refractivity contribution is -0.121. The first-order chi connectivity index (χ1) is 13.5. The molecule has 0 saturated carbocycles. The third-order valence-electron chi connectivity index (χ3n) is 4.56. The zero-order valence-electron chi connectivity index (χ0n) is 17.9. The number of aryl methyl sites for hydroxylation is 4. The number of carbonyl (C=O) groups is 1. The van der Waals surface area contributed by atoms with E-state index in [4.69, 9.17) is 4.74 Å². The van der Waals surface area contributed by atoms with Gasteiger partial charge in [-0.15, -0.1) is 0 Å². The van der Waals surface area contributed by atoms with Crippen molar-refractivity contribution < 1.29 is 17.9 Å². The highest BCUT2D eigenvalue weighted by Crippen LogP contribution is 2.26. The average Bonchev–Trinajstić information content (AvgIpc) is 2.59. The molecular weight excluding hydrogens is 388 g/mol. The molecule has 1 N–H and O–H groups in total. The Morgan fingerprint density at radius 3 is 2.24 bits per heavy atom. The van der Waals surface area contributed by atoms with Gasteiger partial charge >= 0.3 is 0 Å². The molecule has 0 spiro atoms. The zero-order chi connectivity index (χ0) is 21.8. The first kappa shape index (κ1) is 22.7. The van der Waals surface area contributed by atoms with Gasteiger partial charge in [0.2, 0.25) is 15.9 Å². The highest BCUT2D eigenvalue weighted by molar-refractivity contribution is 7.92. The summed E-state index contributed by atoms with van der Waals surface area (Å²) in [7, 11) is -3.64. The maximum absolute atomic E-state index is 12.6. The van der Waals surface area contributed by atoms with E-state index in [-0.39, 0.29) is 12.5 Å². The van der Waals surface area contributed by atoms with Crippen LogP contribution in [0, 0.1) is 27.7 Å². The van der Waals surface area contributed by atoms with E-state index in [2.05, 4.69) is 11.4 Å². The number of sulfonamides is 1. The number of hydrogen-bond donors (Lipinski definition) is 1. The van der Waals surface area contributed by atoms with Crippen molar-refractivity contribution in [3.63, 3.8) is 0 Å². The Kier molecular flexibility index (Phi) is 7.30. The van der Waals surface area contributed by atoms with Crippen LogP contribution in [0.4, 0.5) is 5.69 Å². The van der Waals surface area contributed by atoms with E-state index in [0.717, 1.165) is 34.3 Å². The normalized spacial score (nSPS) is 12.3. The number of amides is 1. The molecule has 0 bridgehead atoms. The van der Waals surface area contributed by atoms with Crippen molar-refractivity contribution >= 4 is 21.6 Å². The van der Waals surface area contributed by atoms with Crippen LogP contribution in [-0.4, -0.2) is 39.8 Å².